The fraction of sp³-hybridized carbons (Fsp3) is 0.143. The number of pyridine rings is 1. The highest BCUT2D eigenvalue weighted by Gasteiger charge is 2.30. The van der Waals surface area contributed by atoms with Crippen molar-refractivity contribution in [3.8, 4) is 17.0 Å². The van der Waals surface area contributed by atoms with Crippen LogP contribution in [0.15, 0.2) is 42.5 Å². The molecule has 0 aliphatic carbocycles. The number of halogens is 6. The molecule has 1 heterocycles. The highest BCUT2D eigenvalue weighted by molar-refractivity contribution is 6.34. The van der Waals surface area contributed by atoms with Crippen molar-refractivity contribution < 1.29 is 31.5 Å². The molecule has 0 aliphatic rings. The van der Waals surface area contributed by atoms with Gasteiger partial charge in [0.2, 0.25) is 0 Å². The summed E-state index contributed by atoms with van der Waals surface area (Å²) in [5, 5.41) is 1.97. The Hall–Kier alpha value is -3.40. The molecule has 0 saturated carbocycles. The van der Waals surface area contributed by atoms with E-state index in [1.165, 1.54) is 18.2 Å². The highest BCUT2D eigenvalue weighted by Crippen LogP contribution is 2.33. The molecule has 1 amide bonds. The zero-order chi connectivity index (χ0) is 23.6. The number of benzene rings is 2. The Kier molecular flexibility index (Phi) is 6.54. The molecule has 3 rings (SSSR count). The van der Waals surface area contributed by atoms with E-state index in [0.717, 1.165) is 12.1 Å². The Balaban J connectivity index is 2.06. The Labute approximate surface area is 184 Å². The quantitative estimate of drug-likeness (QED) is 0.463. The zero-order valence-corrected chi connectivity index (χ0v) is 17.1. The molecule has 2 aromatic carbocycles. The standard InChI is InChI=1S/C21H15ClF5N3O2/c1-10-5-6-16(29-19(10)28)11-8-17(32-9-21(25,26)27)12(7-15(11)24)20(31)30-18-13(22)3-2-4-14(18)23/h2-8H,9H2,1H3,(H2,28,29)(H,30,31). The summed E-state index contributed by atoms with van der Waals surface area (Å²) in [5.41, 5.74) is 5.10. The number of amides is 1. The van der Waals surface area contributed by atoms with Crippen LogP contribution < -0.4 is 15.8 Å². The molecule has 11 heteroatoms. The normalized spacial score (nSPS) is 11.3. The van der Waals surface area contributed by atoms with Gasteiger partial charge in [0.15, 0.2) is 6.61 Å². The first-order chi connectivity index (χ1) is 15.0. The number of hydrogen-bond acceptors (Lipinski definition) is 4. The minimum absolute atomic E-state index is 0.0200. The zero-order valence-electron chi connectivity index (χ0n) is 16.4. The van der Waals surface area contributed by atoms with Gasteiger partial charge in [0.25, 0.3) is 5.91 Å². The van der Waals surface area contributed by atoms with Crippen molar-refractivity contribution in [3.05, 3.63) is 70.2 Å². The number of nitrogen functional groups attached to an aromatic ring is 1. The van der Waals surface area contributed by atoms with Crippen molar-refractivity contribution in [3.63, 3.8) is 0 Å². The van der Waals surface area contributed by atoms with E-state index in [1.54, 1.807) is 13.0 Å². The molecule has 3 N–H and O–H groups in total. The molecular formula is C21H15ClF5N3O2. The molecule has 0 fully saturated rings. The first kappa shape index (κ1) is 23.3. The Bertz CT molecular complexity index is 1160. The number of alkyl halides is 3. The monoisotopic (exact) mass is 471 g/mol. The second-order valence-corrected chi connectivity index (χ2v) is 7.09. The van der Waals surface area contributed by atoms with Crippen LogP contribution in [0.4, 0.5) is 33.5 Å². The minimum atomic E-state index is -4.73. The number of para-hydroxylation sites is 1. The molecule has 3 aromatic rings. The van der Waals surface area contributed by atoms with Gasteiger partial charge in [0, 0.05) is 5.56 Å². The van der Waals surface area contributed by atoms with Gasteiger partial charge in [-0.1, -0.05) is 23.7 Å². The third-order valence-electron chi connectivity index (χ3n) is 4.32. The van der Waals surface area contributed by atoms with Gasteiger partial charge in [-0.3, -0.25) is 4.79 Å². The van der Waals surface area contributed by atoms with E-state index in [-0.39, 0.29) is 22.1 Å². The van der Waals surface area contributed by atoms with Crippen molar-refractivity contribution >= 4 is 29.0 Å². The van der Waals surface area contributed by atoms with Gasteiger partial charge >= 0.3 is 6.18 Å². The first-order valence-corrected chi connectivity index (χ1v) is 9.36. The SMILES string of the molecule is Cc1ccc(-c2cc(OCC(F)(F)F)c(C(=O)Nc3c(F)cccc3Cl)cc2F)nc1N. The average Bonchev–Trinajstić information content (AvgIpc) is 2.71. The van der Waals surface area contributed by atoms with Crippen molar-refractivity contribution in [1.29, 1.82) is 0 Å². The van der Waals surface area contributed by atoms with E-state index in [1.807, 2.05) is 0 Å². The molecule has 5 nitrogen and oxygen atoms in total. The molecule has 0 unspecified atom stereocenters. The summed E-state index contributed by atoms with van der Waals surface area (Å²) >= 11 is 5.86. The maximum Gasteiger partial charge on any atom is 0.422 e. The smallest absolute Gasteiger partial charge is 0.422 e. The lowest BCUT2D eigenvalue weighted by Gasteiger charge is -2.16. The van der Waals surface area contributed by atoms with Gasteiger partial charge in [-0.05, 0) is 42.8 Å². The first-order valence-electron chi connectivity index (χ1n) is 8.98. The van der Waals surface area contributed by atoms with Gasteiger partial charge in [-0.2, -0.15) is 13.2 Å². The topological polar surface area (TPSA) is 77.2 Å². The predicted molar refractivity (Wildman–Crippen MR) is 110 cm³/mol. The van der Waals surface area contributed by atoms with Gasteiger partial charge in [0.1, 0.15) is 23.2 Å². The largest absolute Gasteiger partial charge is 0.483 e. The summed E-state index contributed by atoms with van der Waals surface area (Å²) in [6, 6.07) is 8.13. The number of carbonyl (C=O) groups excluding carboxylic acids is 1. The lowest BCUT2D eigenvalue weighted by Crippen LogP contribution is -2.22. The fourth-order valence-electron chi connectivity index (χ4n) is 2.70. The van der Waals surface area contributed by atoms with E-state index in [9.17, 15) is 26.7 Å². The third kappa shape index (κ3) is 5.25. The maximum atomic E-state index is 14.8. The molecule has 0 radical (unpaired) electrons. The van der Waals surface area contributed by atoms with E-state index < -0.39 is 47.3 Å². The number of ether oxygens (including phenoxy) is 1. The molecular weight excluding hydrogens is 457 g/mol. The highest BCUT2D eigenvalue weighted by atomic mass is 35.5. The average molecular weight is 472 g/mol. The summed E-state index contributed by atoms with van der Waals surface area (Å²) in [5.74, 6) is -3.50. The molecule has 0 spiro atoms. The molecule has 32 heavy (non-hydrogen) atoms. The van der Waals surface area contributed by atoms with E-state index in [4.69, 9.17) is 22.1 Å². The predicted octanol–water partition coefficient (Wildman–Crippen LogP) is 5.76. The van der Waals surface area contributed by atoms with Crippen LogP contribution in [-0.4, -0.2) is 23.7 Å². The van der Waals surface area contributed by atoms with Crippen LogP contribution in [0, 0.1) is 18.6 Å². The fourth-order valence-corrected chi connectivity index (χ4v) is 2.91. The Morgan fingerprint density at radius 1 is 1.16 bits per heavy atom. The van der Waals surface area contributed by atoms with Crippen LogP contribution in [0.3, 0.4) is 0 Å². The second kappa shape index (κ2) is 8.99. The van der Waals surface area contributed by atoms with Crippen LogP contribution >= 0.6 is 11.6 Å². The molecule has 168 valence electrons. The molecule has 0 atom stereocenters. The number of nitrogens with one attached hydrogen (secondary N) is 1. The van der Waals surface area contributed by atoms with Gasteiger partial charge < -0.3 is 15.8 Å². The lowest BCUT2D eigenvalue weighted by atomic mass is 10.0. The third-order valence-corrected chi connectivity index (χ3v) is 4.63. The van der Waals surface area contributed by atoms with Crippen molar-refractivity contribution in [1.82, 2.24) is 4.98 Å². The van der Waals surface area contributed by atoms with Crippen molar-refractivity contribution in [2.45, 2.75) is 13.1 Å². The number of nitrogens with zero attached hydrogens (tertiary/aromatic N) is 1. The number of rotatable bonds is 5. The number of nitrogens with two attached hydrogens (primary N) is 1. The summed E-state index contributed by atoms with van der Waals surface area (Å²) in [6.07, 6.45) is -4.73. The summed E-state index contributed by atoms with van der Waals surface area (Å²) < 4.78 is 71.8. The van der Waals surface area contributed by atoms with Crippen LogP contribution in [0.5, 0.6) is 5.75 Å². The number of aryl methyl sites for hydroxylation is 1. The van der Waals surface area contributed by atoms with Crippen LogP contribution in [0.25, 0.3) is 11.3 Å². The molecule has 0 bridgehead atoms. The Morgan fingerprint density at radius 2 is 1.88 bits per heavy atom. The molecule has 1 aromatic heterocycles. The Morgan fingerprint density at radius 3 is 2.50 bits per heavy atom. The van der Waals surface area contributed by atoms with Crippen LogP contribution in [0.2, 0.25) is 5.02 Å². The minimum Gasteiger partial charge on any atom is -0.483 e. The van der Waals surface area contributed by atoms with Gasteiger partial charge in [-0.25, -0.2) is 13.8 Å². The second-order valence-electron chi connectivity index (χ2n) is 6.68. The van der Waals surface area contributed by atoms with E-state index >= 15 is 0 Å². The van der Waals surface area contributed by atoms with Crippen LogP contribution in [-0.2, 0) is 0 Å². The number of anilines is 2. The number of carbonyl (C=O) groups is 1. The number of hydrogen-bond donors (Lipinski definition) is 2. The van der Waals surface area contributed by atoms with Gasteiger partial charge in [-0.15, -0.1) is 0 Å². The van der Waals surface area contributed by atoms with Crippen molar-refractivity contribution in [2.75, 3.05) is 17.7 Å². The van der Waals surface area contributed by atoms with Crippen LogP contribution in [0.1, 0.15) is 15.9 Å². The molecule has 0 aliphatic heterocycles. The number of aromatic nitrogens is 1. The van der Waals surface area contributed by atoms with E-state index in [2.05, 4.69) is 10.3 Å². The maximum absolute atomic E-state index is 14.8. The lowest BCUT2D eigenvalue weighted by molar-refractivity contribution is -0.153. The van der Waals surface area contributed by atoms with Gasteiger partial charge in [0.05, 0.1) is 22.0 Å². The summed E-state index contributed by atoms with van der Waals surface area (Å²) in [7, 11) is 0. The van der Waals surface area contributed by atoms with E-state index in [0.29, 0.717) is 11.6 Å². The molecule has 0 saturated heterocycles. The summed E-state index contributed by atoms with van der Waals surface area (Å²) in [6.45, 7) is -0.0795. The van der Waals surface area contributed by atoms with Crippen molar-refractivity contribution in [2.24, 2.45) is 0 Å². The summed E-state index contributed by atoms with van der Waals surface area (Å²) in [4.78, 5) is 16.7.